The second kappa shape index (κ2) is 11.9. The van der Waals surface area contributed by atoms with Crippen LogP contribution in [0.5, 0.6) is 0 Å². The molecule has 0 aliphatic carbocycles. The number of halogens is 2. The Kier molecular flexibility index (Phi) is 9.61. The molecule has 2 aromatic rings. The first-order valence-corrected chi connectivity index (χ1v) is 10.1. The quantitative estimate of drug-likeness (QED) is 0.269. The molecule has 0 saturated carbocycles. The third-order valence-electron chi connectivity index (χ3n) is 4.21. The topological polar surface area (TPSA) is 40.0 Å². The van der Waals surface area contributed by atoms with Crippen molar-refractivity contribution in [1.29, 1.82) is 0 Å². The molecule has 0 amide bonds. The lowest BCUT2D eigenvalue weighted by molar-refractivity contribution is -0.0104. The van der Waals surface area contributed by atoms with Crippen LogP contribution in [0.25, 0.3) is 0 Å². The molecule has 0 aliphatic rings. The Morgan fingerprint density at radius 2 is 1.50 bits per heavy atom. The molecule has 2 rings (SSSR count). The zero-order valence-corrected chi connectivity index (χ0v) is 18.1. The number of hydrogen-bond donors (Lipinski definition) is 0. The van der Waals surface area contributed by atoms with Crippen LogP contribution in [0.3, 0.4) is 0 Å². The van der Waals surface area contributed by atoms with Gasteiger partial charge in [-0.1, -0.05) is 80.7 Å². The molecule has 0 radical (unpaired) electrons. The second-order valence-corrected chi connectivity index (χ2v) is 7.84. The average molecular weight is 452 g/mol. The summed E-state index contributed by atoms with van der Waals surface area (Å²) in [6.07, 6.45) is -1.09. The van der Waals surface area contributed by atoms with Crippen LogP contribution in [0.4, 0.5) is 4.39 Å². The Morgan fingerprint density at radius 1 is 0.964 bits per heavy atom. The summed E-state index contributed by atoms with van der Waals surface area (Å²) in [4.78, 5) is 4.25. The van der Waals surface area contributed by atoms with E-state index in [1.54, 1.807) is 0 Å². The number of rotatable bonds is 11. The predicted octanol–water partition coefficient (Wildman–Crippen LogP) is 5.14. The number of aryl methyl sites for hydroxylation is 2. The van der Waals surface area contributed by atoms with E-state index < -0.39 is 12.3 Å². The van der Waals surface area contributed by atoms with Crippen LogP contribution in [0.15, 0.2) is 53.7 Å². The van der Waals surface area contributed by atoms with Gasteiger partial charge in [0.1, 0.15) is 13.2 Å². The maximum absolute atomic E-state index is 14.6. The molecule has 152 valence electrons. The van der Waals surface area contributed by atoms with Gasteiger partial charge in [0.2, 0.25) is 0 Å². The van der Waals surface area contributed by atoms with Crippen molar-refractivity contribution in [2.75, 3.05) is 13.7 Å². The fraction of sp³-hybridized carbons (Fsp3) is 0.409. The number of benzene rings is 2. The fourth-order valence-electron chi connectivity index (χ4n) is 2.54. The smallest absolute Gasteiger partial charge is 0.166 e. The molecule has 0 saturated heterocycles. The second-order valence-electron chi connectivity index (χ2n) is 6.66. The molecule has 0 aromatic heterocycles. The van der Waals surface area contributed by atoms with Gasteiger partial charge in [0, 0.05) is 0 Å². The van der Waals surface area contributed by atoms with Crippen LogP contribution in [0.1, 0.15) is 22.3 Å². The van der Waals surface area contributed by atoms with Crippen LogP contribution in [0, 0.1) is 13.8 Å². The van der Waals surface area contributed by atoms with E-state index in [2.05, 4.69) is 25.9 Å². The molecule has 28 heavy (non-hydrogen) atoms. The number of ether oxygens (including phenoxy) is 2. The van der Waals surface area contributed by atoms with Crippen molar-refractivity contribution in [2.45, 2.75) is 44.2 Å². The van der Waals surface area contributed by atoms with Crippen molar-refractivity contribution in [3.05, 3.63) is 70.8 Å². The number of hydrogen-bond acceptors (Lipinski definition) is 4. The van der Waals surface area contributed by atoms with E-state index in [4.69, 9.17) is 9.47 Å². The van der Waals surface area contributed by atoms with Gasteiger partial charge in [-0.25, -0.2) is 4.39 Å². The van der Waals surface area contributed by atoms with Crippen LogP contribution < -0.4 is 0 Å². The van der Waals surface area contributed by atoms with Gasteiger partial charge in [-0.05, 0) is 25.0 Å². The first kappa shape index (κ1) is 22.5. The van der Waals surface area contributed by atoms with Crippen LogP contribution in [0.2, 0.25) is 0 Å². The number of nitrogens with zero attached hydrogens (tertiary/aromatic N) is 1. The van der Waals surface area contributed by atoms with Gasteiger partial charge in [-0.2, -0.15) is 0 Å². The highest BCUT2D eigenvalue weighted by Gasteiger charge is 2.28. The maximum Gasteiger partial charge on any atom is 0.166 e. The van der Waals surface area contributed by atoms with E-state index in [0.29, 0.717) is 19.8 Å². The normalized spacial score (nSPS) is 14.8. The van der Waals surface area contributed by atoms with Gasteiger partial charge in [0.05, 0.1) is 30.9 Å². The van der Waals surface area contributed by atoms with Gasteiger partial charge in [-0.15, -0.1) is 0 Å². The molecule has 3 atom stereocenters. The monoisotopic (exact) mass is 451 g/mol. The Bertz CT molecular complexity index is 722. The summed E-state index contributed by atoms with van der Waals surface area (Å²) in [5.41, 5.74) is 4.41. The lowest BCUT2D eigenvalue weighted by Gasteiger charge is -2.24. The fourth-order valence-corrected chi connectivity index (χ4v) is 3.18. The minimum atomic E-state index is -1.43. The molecule has 0 bridgehead atoms. The van der Waals surface area contributed by atoms with E-state index >= 15 is 0 Å². The first-order valence-electron chi connectivity index (χ1n) is 9.15. The zero-order valence-electron chi connectivity index (χ0n) is 16.5. The van der Waals surface area contributed by atoms with Crippen LogP contribution >= 0.6 is 15.9 Å². The average Bonchev–Trinajstić information content (AvgIpc) is 2.69. The molecule has 0 spiro atoms. The molecule has 0 N–H and O–H groups in total. The molecular weight excluding hydrogens is 425 g/mol. The molecular formula is C22H27BrFNO3. The van der Waals surface area contributed by atoms with Crippen molar-refractivity contribution >= 4 is 22.1 Å². The Balaban J connectivity index is 1.93. The third-order valence-corrected chi connectivity index (χ3v) is 4.99. The van der Waals surface area contributed by atoms with E-state index in [1.165, 1.54) is 18.2 Å². The molecule has 4 nitrogen and oxygen atoms in total. The van der Waals surface area contributed by atoms with E-state index in [1.807, 2.05) is 62.4 Å². The summed E-state index contributed by atoms with van der Waals surface area (Å²) in [5, 5.41) is 3.54. The summed E-state index contributed by atoms with van der Waals surface area (Å²) in [5.74, 6) is 0. The van der Waals surface area contributed by atoms with E-state index in [-0.39, 0.29) is 4.83 Å². The first-order chi connectivity index (χ1) is 13.5. The van der Waals surface area contributed by atoms with Gasteiger partial charge in [-0.3, -0.25) is 0 Å². The van der Waals surface area contributed by atoms with Gasteiger partial charge in [0.25, 0.3) is 0 Å². The number of oxime groups is 1. The highest BCUT2D eigenvalue weighted by atomic mass is 79.9. The summed E-state index contributed by atoms with van der Waals surface area (Å²) < 4.78 is 26.2. The van der Waals surface area contributed by atoms with Gasteiger partial charge >= 0.3 is 0 Å². The lowest BCUT2D eigenvalue weighted by Crippen LogP contribution is -2.37. The summed E-state index contributed by atoms with van der Waals surface area (Å²) in [6, 6.07) is 16.1. The SMILES string of the molecule is CON=C[C@@H](F)[C@H](OCc1ccc(C)cc1)[C@@H](Br)COCc1ccc(C)cc1. The van der Waals surface area contributed by atoms with E-state index in [0.717, 1.165) is 17.3 Å². The maximum atomic E-state index is 14.6. The zero-order chi connectivity index (χ0) is 20.4. The summed E-state index contributed by atoms with van der Waals surface area (Å²) in [7, 11) is 1.38. The summed E-state index contributed by atoms with van der Waals surface area (Å²) >= 11 is 3.51. The molecule has 0 fully saturated rings. The van der Waals surface area contributed by atoms with E-state index in [9.17, 15) is 4.39 Å². The number of alkyl halides is 2. The predicted molar refractivity (Wildman–Crippen MR) is 114 cm³/mol. The van der Waals surface area contributed by atoms with Gasteiger partial charge < -0.3 is 14.3 Å². The Labute approximate surface area is 174 Å². The minimum Gasteiger partial charge on any atom is -0.399 e. The molecule has 2 aromatic carbocycles. The van der Waals surface area contributed by atoms with Crippen molar-refractivity contribution < 1.29 is 18.7 Å². The minimum absolute atomic E-state index is 0.298. The van der Waals surface area contributed by atoms with Crippen molar-refractivity contribution in [1.82, 2.24) is 0 Å². The molecule has 0 heterocycles. The molecule has 0 unspecified atom stereocenters. The highest BCUT2D eigenvalue weighted by molar-refractivity contribution is 9.09. The Hall–Kier alpha value is -1.76. The van der Waals surface area contributed by atoms with Gasteiger partial charge in [0.15, 0.2) is 6.17 Å². The standard InChI is InChI=1S/C22H27BrFNO3/c1-16-4-8-18(9-5-16)13-27-15-20(23)22(21(24)12-25-26-3)28-14-19-10-6-17(2)7-11-19/h4-12,20-22H,13-15H2,1-3H3/t20-,21+,22+/m0/s1. The molecule has 6 heteroatoms. The molecule has 0 aliphatic heterocycles. The van der Waals surface area contributed by atoms with Crippen LogP contribution in [-0.4, -0.2) is 37.0 Å². The third kappa shape index (κ3) is 7.70. The van der Waals surface area contributed by atoms with Crippen LogP contribution in [-0.2, 0) is 27.5 Å². The highest BCUT2D eigenvalue weighted by Crippen LogP contribution is 2.19. The van der Waals surface area contributed by atoms with Crippen molar-refractivity contribution in [3.63, 3.8) is 0 Å². The summed E-state index contributed by atoms with van der Waals surface area (Å²) in [6.45, 7) is 5.11. The van der Waals surface area contributed by atoms with Crippen molar-refractivity contribution in [2.24, 2.45) is 5.16 Å². The largest absolute Gasteiger partial charge is 0.399 e. The van der Waals surface area contributed by atoms with Crippen molar-refractivity contribution in [3.8, 4) is 0 Å². The lowest BCUT2D eigenvalue weighted by atomic mass is 10.1. The Morgan fingerprint density at radius 3 is 2.04 bits per heavy atom.